The number of anilines is 1. The first-order chi connectivity index (χ1) is 8.95. The summed E-state index contributed by atoms with van der Waals surface area (Å²) in [5, 5.41) is 10.7. The summed E-state index contributed by atoms with van der Waals surface area (Å²) in [6, 6.07) is 7.84. The van der Waals surface area contributed by atoms with Crippen LogP contribution in [0.5, 0.6) is 11.6 Å². The Kier molecular flexibility index (Phi) is 3.66. The van der Waals surface area contributed by atoms with Crippen LogP contribution in [0.2, 0.25) is 0 Å². The molecule has 2 aromatic rings. The third-order valence-corrected chi connectivity index (χ3v) is 2.86. The second-order valence-electron chi connectivity index (χ2n) is 3.86. The third-order valence-electron chi connectivity index (χ3n) is 2.37. The van der Waals surface area contributed by atoms with Gasteiger partial charge in [0.25, 0.3) is 5.69 Å². The molecule has 0 unspecified atom stereocenters. The van der Waals surface area contributed by atoms with Crippen LogP contribution in [0.15, 0.2) is 34.8 Å². The Labute approximate surface area is 117 Å². The van der Waals surface area contributed by atoms with Crippen molar-refractivity contribution in [2.45, 2.75) is 6.92 Å². The van der Waals surface area contributed by atoms with Gasteiger partial charge in [-0.15, -0.1) is 0 Å². The van der Waals surface area contributed by atoms with Crippen LogP contribution in [0.3, 0.4) is 0 Å². The number of ether oxygens (including phenoxy) is 1. The molecule has 0 spiro atoms. The van der Waals surface area contributed by atoms with Gasteiger partial charge in [-0.25, -0.2) is 0 Å². The lowest BCUT2D eigenvalue weighted by Crippen LogP contribution is -1.97. The number of halogens is 1. The van der Waals surface area contributed by atoms with Gasteiger partial charge in [0.15, 0.2) is 0 Å². The van der Waals surface area contributed by atoms with Gasteiger partial charge >= 0.3 is 0 Å². The van der Waals surface area contributed by atoms with E-state index in [0.717, 1.165) is 10.0 Å². The van der Waals surface area contributed by atoms with Crippen LogP contribution in [0.1, 0.15) is 5.56 Å². The van der Waals surface area contributed by atoms with Crippen LogP contribution in [0.4, 0.5) is 11.5 Å². The topological polar surface area (TPSA) is 91.3 Å². The SMILES string of the molecule is Cc1cc(Br)ccc1Oc1cc([N+](=O)[O-])cc(N)n1. The maximum Gasteiger partial charge on any atom is 0.278 e. The molecule has 0 amide bonds. The molecule has 0 saturated carbocycles. The fourth-order valence-corrected chi connectivity index (χ4v) is 1.98. The van der Waals surface area contributed by atoms with Crippen LogP contribution in [-0.4, -0.2) is 9.91 Å². The minimum absolute atomic E-state index is 0.0407. The van der Waals surface area contributed by atoms with E-state index in [9.17, 15) is 10.1 Å². The van der Waals surface area contributed by atoms with Gasteiger partial charge in [-0.05, 0) is 30.7 Å². The summed E-state index contributed by atoms with van der Waals surface area (Å²) in [6.07, 6.45) is 0. The number of nitrogen functional groups attached to an aromatic ring is 1. The number of nitro groups is 1. The van der Waals surface area contributed by atoms with Crippen molar-refractivity contribution in [2.24, 2.45) is 0 Å². The molecule has 1 heterocycles. The number of nitrogens with two attached hydrogens (primary N) is 1. The predicted molar refractivity (Wildman–Crippen MR) is 74.3 cm³/mol. The van der Waals surface area contributed by atoms with Gasteiger partial charge in [-0.2, -0.15) is 4.98 Å². The van der Waals surface area contributed by atoms with Gasteiger partial charge in [0.1, 0.15) is 11.6 Å². The number of benzene rings is 1. The van der Waals surface area contributed by atoms with Gasteiger partial charge in [-0.3, -0.25) is 10.1 Å². The van der Waals surface area contributed by atoms with Gasteiger partial charge < -0.3 is 10.5 Å². The number of hydrogen-bond donors (Lipinski definition) is 1. The fourth-order valence-electron chi connectivity index (χ4n) is 1.51. The zero-order valence-electron chi connectivity index (χ0n) is 9.96. The van der Waals surface area contributed by atoms with Crippen LogP contribution in [-0.2, 0) is 0 Å². The molecule has 0 fully saturated rings. The van der Waals surface area contributed by atoms with Crippen molar-refractivity contribution in [3.05, 3.63) is 50.5 Å². The molecule has 1 aromatic heterocycles. The molecular weight excluding hydrogens is 314 g/mol. The zero-order chi connectivity index (χ0) is 14.0. The summed E-state index contributed by atoms with van der Waals surface area (Å²) in [4.78, 5) is 14.1. The van der Waals surface area contributed by atoms with Gasteiger partial charge in [0.05, 0.1) is 17.1 Å². The van der Waals surface area contributed by atoms with Crippen molar-refractivity contribution in [1.29, 1.82) is 0 Å². The third kappa shape index (κ3) is 3.19. The lowest BCUT2D eigenvalue weighted by molar-refractivity contribution is -0.384. The maximum absolute atomic E-state index is 10.7. The van der Waals surface area contributed by atoms with E-state index < -0.39 is 4.92 Å². The van der Waals surface area contributed by atoms with E-state index in [1.165, 1.54) is 12.1 Å². The predicted octanol–water partition coefficient (Wildman–Crippen LogP) is 3.44. The lowest BCUT2D eigenvalue weighted by Gasteiger charge is -2.08. The van der Waals surface area contributed by atoms with Crippen molar-refractivity contribution in [1.82, 2.24) is 4.98 Å². The highest BCUT2D eigenvalue weighted by Gasteiger charge is 2.12. The average Bonchev–Trinajstić information content (AvgIpc) is 2.32. The molecule has 7 heteroatoms. The number of aryl methyl sites for hydroxylation is 1. The first kappa shape index (κ1) is 13.3. The second-order valence-corrected chi connectivity index (χ2v) is 4.77. The molecule has 0 atom stereocenters. The van der Waals surface area contributed by atoms with Crippen molar-refractivity contribution in [3.63, 3.8) is 0 Å². The molecule has 0 saturated heterocycles. The van der Waals surface area contributed by atoms with Crippen LogP contribution < -0.4 is 10.5 Å². The first-order valence-corrected chi connectivity index (χ1v) is 6.11. The van der Waals surface area contributed by atoms with Crippen molar-refractivity contribution >= 4 is 27.4 Å². The minimum Gasteiger partial charge on any atom is -0.438 e. The molecule has 2 rings (SSSR count). The molecule has 2 N–H and O–H groups in total. The van der Waals surface area contributed by atoms with E-state index in [0.29, 0.717) is 5.75 Å². The fraction of sp³-hybridized carbons (Fsp3) is 0.0833. The molecule has 0 radical (unpaired) electrons. The standard InChI is InChI=1S/C12H10BrN3O3/c1-7-4-8(13)2-3-10(7)19-12-6-9(16(17)18)5-11(14)15-12/h2-6H,1H3,(H2,14,15). The number of rotatable bonds is 3. The van der Waals surface area contributed by atoms with Crippen LogP contribution in [0.25, 0.3) is 0 Å². The quantitative estimate of drug-likeness (QED) is 0.690. The van der Waals surface area contributed by atoms with Gasteiger partial charge in [0, 0.05) is 4.47 Å². The second kappa shape index (κ2) is 5.23. The lowest BCUT2D eigenvalue weighted by atomic mass is 10.2. The van der Waals surface area contributed by atoms with Crippen LogP contribution in [0, 0.1) is 17.0 Å². The molecule has 6 nitrogen and oxygen atoms in total. The van der Waals surface area contributed by atoms with E-state index in [2.05, 4.69) is 20.9 Å². The molecule has 0 aliphatic carbocycles. The minimum atomic E-state index is -0.542. The number of hydrogen-bond acceptors (Lipinski definition) is 5. The highest BCUT2D eigenvalue weighted by Crippen LogP contribution is 2.29. The summed E-state index contributed by atoms with van der Waals surface area (Å²) in [5.41, 5.74) is 6.23. The number of nitrogens with zero attached hydrogens (tertiary/aromatic N) is 2. The molecule has 98 valence electrons. The zero-order valence-corrected chi connectivity index (χ0v) is 11.5. The average molecular weight is 324 g/mol. The Morgan fingerprint density at radius 3 is 2.74 bits per heavy atom. The largest absolute Gasteiger partial charge is 0.438 e. The summed E-state index contributed by atoms with van der Waals surface area (Å²) in [6.45, 7) is 1.86. The number of pyridine rings is 1. The molecule has 19 heavy (non-hydrogen) atoms. The van der Waals surface area contributed by atoms with E-state index >= 15 is 0 Å². The summed E-state index contributed by atoms with van der Waals surface area (Å²) >= 11 is 3.34. The molecule has 0 bridgehead atoms. The van der Waals surface area contributed by atoms with E-state index in [1.807, 2.05) is 19.1 Å². The van der Waals surface area contributed by atoms with Gasteiger partial charge in [-0.1, -0.05) is 15.9 Å². The van der Waals surface area contributed by atoms with Crippen molar-refractivity contribution < 1.29 is 9.66 Å². The smallest absolute Gasteiger partial charge is 0.278 e. The molecule has 0 aliphatic heterocycles. The first-order valence-electron chi connectivity index (χ1n) is 5.31. The maximum atomic E-state index is 10.7. The molecular formula is C12H10BrN3O3. The van der Waals surface area contributed by atoms with Crippen molar-refractivity contribution in [3.8, 4) is 11.6 Å². The van der Waals surface area contributed by atoms with E-state index in [4.69, 9.17) is 10.5 Å². The summed E-state index contributed by atoms with van der Waals surface area (Å²) in [7, 11) is 0. The molecule has 1 aromatic carbocycles. The molecule has 0 aliphatic rings. The Balaban J connectivity index is 2.35. The summed E-state index contributed by atoms with van der Waals surface area (Å²) in [5.74, 6) is 0.701. The van der Waals surface area contributed by atoms with E-state index in [1.54, 1.807) is 6.07 Å². The Hall–Kier alpha value is -2.15. The number of aromatic nitrogens is 1. The highest BCUT2D eigenvalue weighted by atomic mass is 79.9. The van der Waals surface area contributed by atoms with E-state index in [-0.39, 0.29) is 17.4 Å². The Bertz CT molecular complexity index is 646. The summed E-state index contributed by atoms with van der Waals surface area (Å²) < 4.78 is 6.44. The Morgan fingerprint density at radius 1 is 1.37 bits per heavy atom. The Morgan fingerprint density at radius 2 is 2.11 bits per heavy atom. The highest BCUT2D eigenvalue weighted by molar-refractivity contribution is 9.10. The van der Waals surface area contributed by atoms with Crippen molar-refractivity contribution in [2.75, 3.05) is 5.73 Å². The normalized spacial score (nSPS) is 10.2. The monoisotopic (exact) mass is 323 g/mol. The van der Waals surface area contributed by atoms with Gasteiger partial charge in [0.2, 0.25) is 5.88 Å². The van der Waals surface area contributed by atoms with Crippen LogP contribution >= 0.6 is 15.9 Å².